The van der Waals surface area contributed by atoms with E-state index in [0.717, 1.165) is 30.4 Å². The van der Waals surface area contributed by atoms with Crippen LogP contribution in [-0.4, -0.2) is 32.8 Å². The van der Waals surface area contributed by atoms with Crippen LogP contribution in [0.4, 0.5) is 5.82 Å². The van der Waals surface area contributed by atoms with Gasteiger partial charge < -0.3 is 4.90 Å². The van der Waals surface area contributed by atoms with E-state index in [0.29, 0.717) is 18.4 Å². The fourth-order valence-corrected chi connectivity index (χ4v) is 2.90. The lowest BCUT2D eigenvalue weighted by Gasteiger charge is -2.40. The molecule has 3 heterocycles. The van der Waals surface area contributed by atoms with Gasteiger partial charge in [-0.2, -0.15) is 5.10 Å². The summed E-state index contributed by atoms with van der Waals surface area (Å²) >= 11 is 0. The molecule has 1 saturated carbocycles. The topological polar surface area (TPSA) is 63.9 Å². The molecule has 2 fully saturated rings. The lowest BCUT2D eigenvalue weighted by Crippen LogP contribution is -2.50. The first-order valence-corrected chi connectivity index (χ1v) is 7.82. The Labute approximate surface area is 128 Å². The lowest BCUT2D eigenvalue weighted by atomic mass is 10.0. The average Bonchev–Trinajstić information content (AvgIpc) is 3.28. The maximum Gasteiger partial charge on any atom is 0.266 e. The summed E-state index contributed by atoms with van der Waals surface area (Å²) < 4.78 is 1.54. The molecule has 2 aliphatic rings. The summed E-state index contributed by atoms with van der Waals surface area (Å²) in [4.78, 5) is 23.2. The zero-order valence-electron chi connectivity index (χ0n) is 12.6. The molecule has 1 aliphatic carbocycles. The molecule has 6 nitrogen and oxygen atoms in total. The van der Waals surface area contributed by atoms with E-state index < -0.39 is 0 Å². The molecule has 0 atom stereocenters. The number of aromatic nitrogens is 4. The molecule has 4 rings (SSSR count). The average molecular weight is 297 g/mol. The minimum atomic E-state index is -0.0325. The molecular formula is C16H19N5O. The second-order valence-electron chi connectivity index (χ2n) is 6.32. The van der Waals surface area contributed by atoms with E-state index in [1.807, 2.05) is 6.92 Å². The summed E-state index contributed by atoms with van der Waals surface area (Å²) in [7, 11) is 0. The number of hydrogen-bond acceptors (Lipinski definition) is 5. The maximum atomic E-state index is 11.7. The molecule has 1 saturated heterocycles. The van der Waals surface area contributed by atoms with Gasteiger partial charge in [-0.3, -0.25) is 4.79 Å². The van der Waals surface area contributed by atoms with Crippen LogP contribution in [0.2, 0.25) is 0 Å². The van der Waals surface area contributed by atoms with Crippen LogP contribution in [0.3, 0.4) is 0 Å². The van der Waals surface area contributed by atoms with Gasteiger partial charge in [0.05, 0.1) is 6.54 Å². The Morgan fingerprint density at radius 1 is 1.27 bits per heavy atom. The minimum absolute atomic E-state index is 0.0325. The third-order valence-corrected chi connectivity index (χ3v) is 4.30. The van der Waals surface area contributed by atoms with Crippen molar-refractivity contribution in [2.45, 2.75) is 32.2 Å². The summed E-state index contributed by atoms with van der Waals surface area (Å²) in [6.07, 6.45) is 4.09. The molecule has 0 radical (unpaired) electrons. The van der Waals surface area contributed by atoms with Crippen LogP contribution in [0.25, 0.3) is 0 Å². The zero-order valence-corrected chi connectivity index (χ0v) is 12.6. The third-order valence-electron chi connectivity index (χ3n) is 4.30. The van der Waals surface area contributed by atoms with Gasteiger partial charge in [-0.25, -0.2) is 14.6 Å². The van der Waals surface area contributed by atoms with Crippen molar-refractivity contribution in [3.05, 3.63) is 46.3 Å². The summed E-state index contributed by atoms with van der Waals surface area (Å²) in [5.74, 6) is 3.05. The number of hydrogen-bond donors (Lipinski definition) is 0. The van der Waals surface area contributed by atoms with Crippen molar-refractivity contribution in [3.8, 4) is 0 Å². The van der Waals surface area contributed by atoms with Crippen molar-refractivity contribution >= 4 is 5.82 Å². The minimum Gasteiger partial charge on any atom is -0.356 e. The van der Waals surface area contributed by atoms with E-state index >= 15 is 0 Å². The van der Waals surface area contributed by atoms with E-state index in [1.54, 1.807) is 23.0 Å². The Morgan fingerprint density at radius 3 is 2.82 bits per heavy atom. The van der Waals surface area contributed by atoms with Gasteiger partial charge in [0, 0.05) is 48.9 Å². The normalized spacial score (nSPS) is 18.3. The van der Waals surface area contributed by atoms with E-state index in [2.05, 4.69) is 21.0 Å². The Hall–Kier alpha value is -2.24. The standard InChI is InChI=1S/C16H19N5O/c1-11-7-14(19-16(18-11)13-4-5-13)20-8-12(9-20)10-21-15(22)3-2-6-17-21/h2-3,6-7,12-13H,4-5,8-10H2,1H3. The third kappa shape index (κ3) is 2.61. The van der Waals surface area contributed by atoms with Crippen molar-refractivity contribution in [2.75, 3.05) is 18.0 Å². The SMILES string of the molecule is Cc1cc(N2CC(Cn3ncccc3=O)C2)nc(C2CC2)n1. The van der Waals surface area contributed by atoms with Crippen molar-refractivity contribution < 1.29 is 0 Å². The van der Waals surface area contributed by atoms with Gasteiger partial charge in [-0.1, -0.05) is 0 Å². The van der Waals surface area contributed by atoms with Crippen LogP contribution in [0, 0.1) is 12.8 Å². The largest absolute Gasteiger partial charge is 0.356 e. The van der Waals surface area contributed by atoms with Gasteiger partial charge in [0.1, 0.15) is 11.6 Å². The second-order valence-corrected chi connectivity index (χ2v) is 6.32. The summed E-state index contributed by atoms with van der Waals surface area (Å²) in [5, 5.41) is 4.12. The molecule has 22 heavy (non-hydrogen) atoms. The molecule has 2 aromatic rings. The molecule has 6 heteroatoms. The van der Waals surface area contributed by atoms with Crippen molar-refractivity contribution in [2.24, 2.45) is 5.92 Å². The molecule has 2 aromatic heterocycles. The van der Waals surface area contributed by atoms with Crippen molar-refractivity contribution in [1.29, 1.82) is 0 Å². The highest BCUT2D eigenvalue weighted by Gasteiger charge is 2.31. The monoisotopic (exact) mass is 297 g/mol. The first kappa shape index (κ1) is 13.4. The first-order chi connectivity index (χ1) is 10.7. The first-order valence-electron chi connectivity index (χ1n) is 7.82. The molecular weight excluding hydrogens is 278 g/mol. The van der Waals surface area contributed by atoms with Gasteiger partial charge >= 0.3 is 0 Å². The van der Waals surface area contributed by atoms with Crippen LogP contribution in [0.15, 0.2) is 29.2 Å². The van der Waals surface area contributed by atoms with E-state index in [1.165, 1.54) is 12.8 Å². The molecule has 114 valence electrons. The van der Waals surface area contributed by atoms with Crippen LogP contribution < -0.4 is 10.5 Å². The van der Waals surface area contributed by atoms with Gasteiger partial charge in [0.15, 0.2) is 0 Å². The van der Waals surface area contributed by atoms with Gasteiger partial charge in [0.25, 0.3) is 5.56 Å². The summed E-state index contributed by atoms with van der Waals surface area (Å²) in [5.41, 5.74) is 1.01. The summed E-state index contributed by atoms with van der Waals surface area (Å²) in [6, 6.07) is 5.28. The fraction of sp³-hybridized carbons (Fsp3) is 0.500. The van der Waals surface area contributed by atoms with Crippen LogP contribution in [0.5, 0.6) is 0 Å². The molecule has 0 amide bonds. The van der Waals surface area contributed by atoms with Gasteiger partial charge in [0.2, 0.25) is 0 Å². The molecule has 1 aliphatic heterocycles. The summed E-state index contributed by atoms with van der Waals surface area (Å²) in [6.45, 7) is 4.55. The van der Waals surface area contributed by atoms with E-state index in [-0.39, 0.29) is 5.56 Å². The quantitative estimate of drug-likeness (QED) is 0.852. The Morgan fingerprint density at radius 2 is 2.09 bits per heavy atom. The Bertz CT molecular complexity index is 746. The van der Waals surface area contributed by atoms with Crippen molar-refractivity contribution in [3.63, 3.8) is 0 Å². The fourth-order valence-electron chi connectivity index (χ4n) is 2.90. The predicted molar refractivity (Wildman–Crippen MR) is 82.9 cm³/mol. The molecule has 0 unspecified atom stereocenters. The van der Waals surface area contributed by atoms with E-state index in [4.69, 9.17) is 4.98 Å². The number of rotatable bonds is 4. The number of anilines is 1. The second kappa shape index (κ2) is 5.19. The Balaban J connectivity index is 1.43. The highest BCUT2D eigenvalue weighted by atomic mass is 16.1. The number of aryl methyl sites for hydroxylation is 1. The predicted octanol–water partition coefficient (Wildman–Crippen LogP) is 1.36. The van der Waals surface area contributed by atoms with Crippen LogP contribution >= 0.6 is 0 Å². The van der Waals surface area contributed by atoms with Crippen LogP contribution in [0.1, 0.15) is 30.3 Å². The molecule has 0 N–H and O–H groups in total. The highest BCUT2D eigenvalue weighted by Crippen LogP contribution is 2.39. The molecule has 0 bridgehead atoms. The van der Waals surface area contributed by atoms with Gasteiger partial charge in [-0.15, -0.1) is 0 Å². The maximum absolute atomic E-state index is 11.7. The van der Waals surface area contributed by atoms with E-state index in [9.17, 15) is 4.79 Å². The smallest absolute Gasteiger partial charge is 0.266 e. The molecule has 0 aromatic carbocycles. The highest BCUT2D eigenvalue weighted by molar-refractivity contribution is 5.43. The van der Waals surface area contributed by atoms with Crippen LogP contribution in [-0.2, 0) is 6.54 Å². The zero-order chi connectivity index (χ0) is 15.1. The Kier molecular flexibility index (Phi) is 3.17. The van der Waals surface area contributed by atoms with Gasteiger partial charge in [-0.05, 0) is 25.8 Å². The number of nitrogens with zero attached hydrogens (tertiary/aromatic N) is 5. The van der Waals surface area contributed by atoms with Crippen molar-refractivity contribution in [1.82, 2.24) is 19.7 Å². The lowest BCUT2D eigenvalue weighted by molar-refractivity contribution is 0.332. The molecule has 0 spiro atoms.